The first-order valence-corrected chi connectivity index (χ1v) is 6.71. The number of imidazole rings is 1. The Balaban J connectivity index is 1.94. The van der Waals surface area contributed by atoms with Crippen LogP contribution < -0.4 is 5.73 Å². The molecular weight excluding hydrogens is 236 g/mol. The molecule has 4 heteroatoms. The Labute approximate surface area is 112 Å². The number of hydrogen-bond donors (Lipinski definition) is 2. The van der Waals surface area contributed by atoms with Crippen molar-refractivity contribution in [3.8, 4) is 0 Å². The van der Waals surface area contributed by atoms with Crippen LogP contribution in [0.3, 0.4) is 0 Å². The molecule has 98 valence electrons. The highest BCUT2D eigenvalue weighted by Crippen LogP contribution is 2.21. The molecular formula is C15H18N4. The third kappa shape index (κ3) is 2.26. The second-order valence-electron chi connectivity index (χ2n) is 5.04. The zero-order valence-electron chi connectivity index (χ0n) is 10.9. The normalized spacial score (nSPS) is 14.1. The Morgan fingerprint density at radius 2 is 2.05 bits per heavy atom. The highest BCUT2D eigenvalue weighted by molar-refractivity contribution is 5.96. The number of amidine groups is 1. The fourth-order valence-corrected chi connectivity index (χ4v) is 2.77. The molecule has 2 aromatic rings. The molecule has 0 aliphatic heterocycles. The molecule has 0 amide bonds. The van der Waals surface area contributed by atoms with E-state index in [-0.39, 0.29) is 5.84 Å². The number of fused-ring (bicyclic) bond motifs is 1. The zero-order valence-corrected chi connectivity index (χ0v) is 10.9. The van der Waals surface area contributed by atoms with Crippen LogP contribution in [0.15, 0.2) is 30.6 Å². The lowest BCUT2D eigenvalue weighted by atomic mass is 10.0. The number of benzene rings is 1. The number of nitrogens with one attached hydrogen (secondary N) is 1. The molecule has 3 rings (SSSR count). The number of aromatic nitrogens is 2. The number of hydrogen-bond acceptors (Lipinski definition) is 2. The first kappa shape index (κ1) is 12.0. The molecule has 4 nitrogen and oxygen atoms in total. The van der Waals surface area contributed by atoms with Gasteiger partial charge in [-0.15, -0.1) is 0 Å². The highest BCUT2D eigenvalue weighted by Gasteiger charge is 2.16. The molecule has 0 fully saturated rings. The lowest BCUT2D eigenvalue weighted by Crippen LogP contribution is -2.16. The summed E-state index contributed by atoms with van der Waals surface area (Å²) < 4.78 is 2.20. The number of aryl methyl sites for hydroxylation is 1. The van der Waals surface area contributed by atoms with Gasteiger partial charge in [0.1, 0.15) is 5.84 Å². The monoisotopic (exact) mass is 254 g/mol. The van der Waals surface area contributed by atoms with E-state index in [1.54, 1.807) is 0 Å². The van der Waals surface area contributed by atoms with Crippen LogP contribution in [-0.4, -0.2) is 15.4 Å². The lowest BCUT2D eigenvalue weighted by molar-refractivity contribution is 0.628. The summed E-state index contributed by atoms with van der Waals surface area (Å²) in [5.74, 6) is 0.129. The van der Waals surface area contributed by atoms with Crippen LogP contribution in [0.5, 0.6) is 0 Å². The van der Waals surface area contributed by atoms with E-state index in [0.717, 1.165) is 30.5 Å². The standard InChI is InChI=1S/C15H18N4/c16-15(17)12-6-2-1-5-11(12)9-19-10-18-13-7-3-4-8-14(13)19/h1-2,5-6,10H,3-4,7-9H2,(H3,16,17). The zero-order chi connectivity index (χ0) is 13.2. The highest BCUT2D eigenvalue weighted by atomic mass is 15.1. The molecule has 0 saturated heterocycles. The van der Waals surface area contributed by atoms with Gasteiger partial charge in [0.05, 0.1) is 12.0 Å². The van der Waals surface area contributed by atoms with Crippen molar-refractivity contribution in [2.45, 2.75) is 32.2 Å². The van der Waals surface area contributed by atoms with E-state index in [0.29, 0.717) is 0 Å². The first-order valence-electron chi connectivity index (χ1n) is 6.71. The summed E-state index contributed by atoms with van der Waals surface area (Å²) in [5.41, 5.74) is 10.1. The maximum absolute atomic E-state index is 7.65. The number of rotatable bonds is 3. The molecule has 0 saturated carbocycles. The Kier molecular flexibility index (Phi) is 3.07. The minimum atomic E-state index is 0.129. The van der Waals surface area contributed by atoms with Gasteiger partial charge in [-0.1, -0.05) is 24.3 Å². The summed E-state index contributed by atoms with van der Waals surface area (Å²) in [5, 5.41) is 7.65. The van der Waals surface area contributed by atoms with Gasteiger partial charge in [-0.2, -0.15) is 0 Å². The van der Waals surface area contributed by atoms with Crippen LogP contribution in [0.2, 0.25) is 0 Å². The Morgan fingerprint density at radius 3 is 2.89 bits per heavy atom. The van der Waals surface area contributed by atoms with Gasteiger partial charge in [0.15, 0.2) is 0 Å². The van der Waals surface area contributed by atoms with Crippen LogP contribution >= 0.6 is 0 Å². The second-order valence-corrected chi connectivity index (χ2v) is 5.04. The van der Waals surface area contributed by atoms with Gasteiger partial charge in [-0.25, -0.2) is 4.98 Å². The van der Waals surface area contributed by atoms with E-state index in [4.69, 9.17) is 11.1 Å². The molecule has 0 atom stereocenters. The predicted molar refractivity (Wildman–Crippen MR) is 75.4 cm³/mol. The summed E-state index contributed by atoms with van der Waals surface area (Å²) in [6.45, 7) is 0.748. The van der Waals surface area contributed by atoms with Gasteiger partial charge < -0.3 is 10.3 Å². The van der Waals surface area contributed by atoms with Crippen molar-refractivity contribution in [1.29, 1.82) is 5.41 Å². The number of nitrogen functional groups attached to an aromatic ring is 1. The molecule has 0 unspecified atom stereocenters. The minimum Gasteiger partial charge on any atom is -0.384 e. The predicted octanol–water partition coefficient (Wildman–Crippen LogP) is 2.09. The van der Waals surface area contributed by atoms with Crippen LogP contribution in [0.1, 0.15) is 35.4 Å². The summed E-state index contributed by atoms with van der Waals surface area (Å²) >= 11 is 0. The van der Waals surface area contributed by atoms with Gasteiger partial charge in [-0.3, -0.25) is 5.41 Å². The largest absolute Gasteiger partial charge is 0.384 e. The van der Waals surface area contributed by atoms with Crippen molar-refractivity contribution >= 4 is 5.84 Å². The van der Waals surface area contributed by atoms with Crippen LogP contribution in [0.4, 0.5) is 0 Å². The van der Waals surface area contributed by atoms with Gasteiger partial charge in [0, 0.05) is 17.8 Å². The van der Waals surface area contributed by atoms with E-state index in [2.05, 4.69) is 9.55 Å². The molecule has 0 spiro atoms. The smallest absolute Gasteiger partial charge is 0.123 e. The van der Waals surface area contributed by atoms with Crippen LogP contribution in [0.25, 0.3) is 0 Å². The van der Waals surface area contributed by atoms with E-state index < -0.39 is 0 Å². The summed E-state index contributed by atoms with van der Waals surface area (Å²) in [7, 11) is 0. The van der Waals surface area contributed by atoms with Crippen molar-refractivity contribution in [3.05, 3.63) is 53.1 Å². The quantitative estimate of drug-likeness (QED) is 0.650. The molecule has 1 aliphatic carbocycles. The van der Waals surface area contributed by atoms with Crippen molar-refractivity contribution in [3.63, 3.8) is 0 Å². The molecule has 3 N–H and O–H groups in total. The average molecular weight is 254 g/mol. The Bertz CT molecular complexity index is 612. The molecule has 1 aliphatic rings. The van der Waals surface area contributed by atoms with E-state index in [1.807, 2.05) is 30.6 Å². The average Bonchev–Trinajstić information content (AvgIpc) is 2.83. The molecule has 0 radical (unpaired) electrons. The van der Waals surface area contributed by atoms with Crippen molar-refractivity contribution in [1.82, 2.24) is 9.55 Å². The van der Waals surface area contributed by atoms with E-state index in [1.165, 1.54) is 24.2 Å². The van der Waals surface area contributed by atoms with E-state index >= 15 is 0 Å². The van der Waals surface area contributed by atoms with Gasteiger partial charge in [-0.05, 0) is 31.2 Å². The van der Waals surface area contributed by atoms with Crippen molar-refractivity contribution in [2.75, 3.05) is 0 Å². The van der Waals surface area contributed by atoms with Crippen molar-refractivity contribution < 1.29 is 0 Å². The summed E-state index contributed by atoms with van der Waals surface area (Å²) in [6, 6.07) is 7.85. The third-order valence-electron chi connectivity index (χ3n) is 3.76. The van der Waals surface area contributed by atoms with Gasteiger partial charge >= 0.3 is 0 Å². The molecule has 1 aromatic heterocycles. The first-order chi connectivity index (χ1) is 9.25. The molecule has 1 heterocycles. The SMILES string of the molecule is N=C(N)c1ccccc1Cn1cnc2c1CCCC2. The number of nitrogens with two attached hydrogens (primary N) is 1. The lowest BCUT2D eigenvalue weighted by Gasteiger charge is -2.15. The van der Waals surface area contributed by atoms with Crippen molar-refractivity contribution in [2.24, 2.45) is 5.73 Å². The molecule has 19 heavy (non-hydrogen) atoms. The van der Waals surface area contributed by atoms with E-state index in [9.17, 15) is 0 Å². The Morgan fingerprint density at radius 1 is 1.26 bits per heavy atom. The fourth-order valence-electron chi connectivity index (χ4n) is 2.77. The minimum absolute atomic E-state index is 0.129. The van der Waals surface area contributed by atoms with Crippen LogP contribution in [-0.2, 0) is 19.4 Å². The van der Waals surface area contributed by atoms with Gasteiger partial charge in [0.25, 0.3) is 0 Å². The maximum atomic E-state index is 7.65. The Hall–Kier alpha value is -2.10. The molecule has 0 bridgehead atoms. The summed E-state index contributed by atoms with van der Waals surface area (Å²) in [6.07, 6.45) is 6.61. The van der Waals surface area contributed by atoms with Crippen LogP contribution in [0, 0.1) is 5.41 Å². The second kappa shape index (κ2) is 4.88. The maximum Gasteiger partial charge on any atom is 0.123 e. The third-order valence-corrected chi connectivity index (χ3v) is 3.76. The summed E-state index contributed by atoms with van der Waals surface area (Å²) in [4.78, 5) is 4.51. The number of nitrogens with zero attached hydrogens (tertiary/aromatic N) is 2. The topological polar surface area (TPSA) is 67.7 Å². The fraction of sp³-hybridized carbons (Fsp3) is 0.333. The van der Waals surface area contributed by atoms with Gasteiger partial charge in [0.2, 0.25) is 0 Å². The molecule has 1 aromatic carbocycles.